The second-order valence-electron chi connectivity index (χ2n) is 5.18. The van der Waals surface area contributed by atoms with E-state index in [-0.39, 0.29) is 6.04 Å². The fourth-order valence-electron chi connectivity index (χ4n) is 2.64. The van der Waals surface area contributed by atoms with E-state index in [2.05, 4.69) is 10.6 Å². The molecule has 0 bridgehead atoms. The summed E-state index contributed by atoms with van der Waals surface area (Å²) >= 11 is 1.61. The first-order chi connectivity index (χ1) is 11.7. The molecule has 24 heavy (non-hydrogen) atoms. The third kappa shape index (κ3) is 3.42. The van der Waals surface area contributed by atoms with Gasteiger partial charge in [0.05, 0.1) is 35.9 Å². The van der Waals surface area contributed by atoms with Gasteiger partial charge in [-0.1, -0.05) is 18.2 Å². The van der Waals surface area contributed by atoms with Crippen LogP contribution in [0.25, 0.3) is 0 Å². The highest BCUT2D eigenvalue weighted by atomic mass is 32.1. The van der Waals surface area contributed by atoms with Crippen LogP contribution in [0.15, 0.2) is 53.3 Å². The fourth-order valence-corrected chi connectivity index (χ4v) is 5.31. The Labute approximate surface area is 146 Å². The van der Waals surface area contributed by atoms with Gasteiger partial charge in [-0.15, -0.1) is 11.3 Å². The normalized spacial score (nSPS) is 17.2. The molecule has 1 aliphatic heterocycles. The molecule has 2 aromatic rings. The summed E-state index contributed by atoms with van der Waals surface area (Å²) in [4.78, 5) is 1.05. The Bertz CT molecular complexity index is 751. The van der Waals surface area contributed by atoms with Crippen LogP contribution >= 0.6 is 18.9 Å². The van der Waals surface area contributed by atoms with Crippen molar-refractivity contribution in [2.75, 3.05) is 23.8 Å². The quantitative estimate of drug-likeness (QED) is 0.669. The molecule has 0 amide bonds. The van der Waals surface area contributed by atoms with Gasteiger partial charge in [-0.2, -0.15) is 0 Å². The minimum absolute atomic E-state index is 0.273. The Morgan fingerprint density at radius 3 is 2.42 bits per heavy atom. The van der Waals surface area contributed by atoms with Gasteiger partial charge in [0.15, 0.2) is 0 Å². The molecule has 128 valence electrons. The smallest absolute Gasteiger partial charge is 0.361 e. The molecule has 0 fully saturated rings. The highest BCUT2D eigenvalue weighted by Crippen LogP contribution is 2.61. The molecule has 5 nitrogen and oxygen atoms in total. The maximum Gasteiger partial charge on any atom is 0.361 e. The molecule has 0 radical (unpaired) electrons. The molecule has 1 aromatic carbocycles. The molecule has 7 heteroatoms. The van der Waals surface area contributed by atoms with E-state index in [1.807, 2.05) is 55.6 Å². The lowest BCUT2D eigenvalue weighted by Gasteiger charge is -2.26. The second-order valence-corrected chi connectivity index (χ2v) is 8.19. The van der Waals surface area contributed by atoms with Gasteiger partial charge in [0, 0.05) is 11.1 Å². The number of hydrogen-bond donors (Lipinski definition) is 2. The number of nitrogens with one attached hydrogen (secondary N) is 2. The molecule has 2 N–H and O–H groups in total. The molecule has 0 spiro atoms. The van der Waals surface area contributed by atoms with Crippen molar-refractivity contribution in [1.29, 1.82) is 0 Å². The van der Waals surface area contributed by atoms with Crippen molar-refractivity contribution in [2.24, 2.45) is 0 Å². The van der Waals surface area contributed by atoms with Gasteiger partial charge >= 0.3 is 7.60 Å². The van der Waals surface area contributed by atoms with Crippen molar-refractivity contribution in [3.05, 3.63) is 58.2 Å². The maximum absolute atomic E-state index is 13.4. The average molecular weight is 364 g/mol. The molecule has 2 heterocycles. The van der Waals surface area contributed by atoms with Crippen LogP contribution < -0.4 is 10.6 Å². The van der Waals surface area contributed by atoms with Gasteiger partial charge in [-0.25, -0.2) is 0 Å². The van der Waals surface area contributed by atoms with E-state index in [0.717, 1.165) is 16.3 Å². The Balaban J connectivity index is 2.07. The number of benzene rings is 1. The van der Waals surface area contributed by atoms with E-state index >= 15 is 0 Å². The fraction of sp³-hybridized carbons (Fsp3) is 0.294. The van der Waals surface area contributed by atoms with Crippen LogP contribution in [-0.2, 0) is 13.6 Å². The molecule has 0 aliphatic carbocycles. The van der Waals surface area contributed by atoms with Crippen LogP contribution in [0.1, 0.15) is 24.8 Å². The van der Waals surface area contributed by atoms with Gasteiger partial charge in [0.25, 0.3) is 0 Å². The maximum atomic E-state index is 13.4. The zero-order valence-electron chi connectivity index (χ0n) is 13.7. The Morgan fingerprint density at radius 1 is 1.08 bits per heavy atom. The van der Waals surface area contributed by atoms with Crippen LogP contribution in [0.2, 0.25) is 0 Å². The van der Waals surface area contributed by atoms with Gasteiger partial charge in [-0.3, -0.25) is 4.57 Å². The van der Waals surface area contributed by atoms with Crippen molar-refractivity contribution in [2.45, 2.75) is 19.9 Å². The largest absolute Gasteiger partial charge is 0.371 e. The summed E-state index contributed by atoms with van der Waals surface area (Å²) in [6, 6.07) is 11.6. The predicted molar refractivity (Wildman–Crippen MR) is 99.7 cm³/mol. The number of thiophene rings is 1. The molecule has 3 rings (SSSR count). The molecular weight excluding hydrogens is 343 g/mol. The summed E-state index contributed by atoms with van der Waals surface area (Å²) in [7, 11) is -3.41. The summed E-state index contributed by atoms with van der Waals surface area (Å²) < 4.78 is 24.6. The van der Waals surface area contributed by atoms with Gasteiger partial charge < -0.3 is 19.7 Å². The van der Waals surface area contributed by atoms with E-state index in [9.17, 15) is 4.57 Å². The Hall–Kier alpha value is -1.59. The first-order valence-corrected chi connectivity index (χ1v) is 10.4. The standard InChI is InChI=1S/C17H21N2O3PS/c1-3-21-23(20,22-4-2)15-12-18-13-8-5-6-9-14(13)19-17(15)16-10-7-11-24-16/h5-12,17-19H,3-4H2,1-2H3. The van der Waals surface area contributed by atoms with E-state index in [4.69, 9.17) is 9.05 Å². The monoisotopic (exact) mass is 364 g/mol. The van der Waals surface area contributed by atoms with Crippen LogP contribution in [0.4, 0.5) is 11.4 Å². The lowest BCUT2D eigenvalue weighted by Crippen LogP contribution is -2.14. The molecule has 1 aromatic heterocycles. The third-order valence-electron chi connectivity index (χ3n) is 3.64. The van der Waals surface area contributed by atoms with Gasteiger partial charge in [-0.05, 0) is 37.4 Å². The molecule has 1 aliphatic rings. The number of para-hydroxylation sites is 2. The van der Waals surface area contributed by atoms with E-state index in [0.29, 0.717) is 18.5 Å². The van der Waals surface area contributed by atoms with Gasteiger partial charge in [0.1, 0.15) is 0 Å². The first kappa shape index (κ1) is 17.2. The third-order valence-corrected chi connectivity index (χ3v) is 6.79. The number of rotatable bonds is 6. The first-order valence-electron chi connectivity index (χ1n) is 7.93. The molecular formula is C17H21N2O3PS. The Kier molecular flexibility index (Phi) is 5.41. The number of fused-ring (bicyclic) bond motifs is 1. The summed E-state index contributed by atoms with van der Waals surface area (Å²) in [5.74, 6) is 0. The summed E-state index contributed by atoms with van der Waals surface area (Å²) in [5.41, 5.74) is 1.87. The molecule has 0 saturated carbocycles. The van der Waals surface area contributed by atoms with Crippen molar-refractivity contribution in [1.82, 2.24) is 0 Å². The molecule has 0 saturated heterocycles. The van der Waals surface area contributed by atoms with Crippen molar-refractivity contribution < 1.29 is 13.6 Å². The van der Waals surface area contributed by atoms with E-state index < -0.39 is 7.60 Å². The van der Waals surface area contributed by atoms with Crippen LogP contribution in [0.5, 0.6) is 0 Å². The highest BCUT2D eigenvalue weighted by molar-refractivity contribution is 7.58. The number of anilines is 2. The predicted octanol–water partition coefficient (Wildman–Crippen LogP) is 5.43. The summed E-state index contributed by atoms with van der Waals surface area (Å²) in [5, 5.41) is 9.31. The van der Waals surface area contributed by atoms with Crippen LogP contribution in [0, 0.1) is 0 Å². The summed E-state index contributed by atoms with van der Waals surface area (Å²) in [6.45, 7) is 4.27. The zero-order chi connectivity index (χ0) is 17.0. The van der Waals surface area contributed by atoms with Crippen molar-refractivity contribution in [3.63, 3.8) is 0 Å². The van der Waals surface area contributed by atoms with Crippen LogP contribution in [-0.4, -0.2) is 13.2 Å². The Morgan fingerprint density at radius 2 is 1.79 bits per heavy atom. The average Bonchev–Trinajstić information content (AvgIpc) is 3.02. The topological polar surface area (TPSA) is 59.6 Å². The van der Waals surface area contributed by atoms with Crippen molar-refractivity contribution >= 4 is 30.3 Å². The molecule has 1 unspecified atom stereocenters. The minimum Gasteiger partial charge on any atom is -0.371 e. The SMILES string of the molecule is CCOP(=O)(OCC)C1=CNc2ccccc2NC1c1cccs1. The lowest BCUT2D eigenvalue weighted by atomic mass is 10.2. The summed E-state index contributed by atoms with van der Waals surface area (Å²) in [6.07, 6.45) is 1.76. The molecule has 1 atom stereocenters. The van der Waals surface area contributed by atoms with E-state index in [1.165, 1.54) is 0 Å². The lowest BCUT2D eigenvalue weighted by molar-refractivity contribution is 0.225. The minimum atomic E-state index is -3.41. The van der Waals surface area contributed by atoms with E-state index in [1.54, 1.807) is 17.5 Å². The zero-order valence-corrected chi connectivity index (χ0v) is 15.4. The van der Waals surface area contributed by atoms with Gasteiger partial charge in [0.2, 0.25) is 0 Å². The number of hydrogen-bond acceptors (Lipinski definition) is 6. The second kappa shape index (κ2) is 7.53. The van der Waals surface area contributed by atoms with Crippen LogP contribution in [0.3, 0.4) is 0 Å². The van der Waals surface area contributed by atoms with Crippen molar-refractivity contribution in [3.8, 4) is 0 Å². The highest BCUT2D eigenvalue weighted by Gasteiger charge is 2.38.